The molecule has 100 valence electrons. The van der Waals surface area contributed by atoms with Crippen molar-refractivity contribution in [3.8, 4) is 0 Å². The van der Waals surface area contributed by atoms with E-state index in [0.717, 1.165) is 5.92 Å². The number of hydrogen-bond acceptors (Lipinski definition) is 0. The van der Waals surface area contributed by atoms with Crippen molar-refractivity contribution in [2.45, 2.75) is 78.1 Å². The topological polar surface area (TPSA) is 0 Å². The maximum absolute atomic E-state index is 2.53. The van der Waals surface area contributed by atoms with E-state index >= 15 is 0 Å². The minimum absolute atomic E-state index is 0.830. The highest BCUT2D eigenvalue weighted by Gasteiger charge is 2.17. The van der Waals surface area contributed by atoms with Gasteiger partial charge in [-0.05, 0) is 67.7 Å². The molecule has 0 saturated heterocycles. The summed E-state index contributed by atoms with van der Waals surface area (Å²) in [4.78, 5) is 0. The van der Waals surface area contributed by atoms with Crippen LogP contribution in [0, 0.1) is 13.8 Å². The van der Waals surface area contributed by atoms with Crippen LogP contribution in [-0.4, -0.2) is 0 Å². The Morgan fingerprint density at radius 2 is 1.89 bits per heavy atom. The van der Waals surface area contributed by atoms with Crippen molar-refractivity contribution in [1.29, 1.82) is 0 Å². The third-order valence-electron chi connectivity index (χ3n) is 4.57. The molecule has 0 fully saturated rings. The first kappa shape index (κ1) is 13.6. The molecule has 2 bridgehead atoms. The van der Waals surface area contributed by atoms with Crippen LogP contribution in [-0.2, 0) is 6.42 Å². The Labute approximate surface area is 113 Å². The number of hydrogen-bond donors (Lipinski definition) is 0. The lowest BCUT2D eigenvalue weighted by Crippen LogP contribution is -2.07. The maximum atomic E-state index is 2.53. The fraction of sp³-hybridized carbons (Fsp3) is 0.667. The number of unbranched alkanes of at least 4 members (excludes halogenated alkanes) is 2. The predicted molar refractivity (Wildman–Crippen MR) is 80.4 cm³/mol. The van der Waals surface area contributed by atoms with E-state index in [-0.39, 0.29) is 0 Å². The Kier molecular flexibility index (Phi) is 4.86. The van der Waals surface area contributed by atoms with Crippen molar-refractivity contribution in [2.75, 3.05) is 0 Å². The molecule has 0 heterocycles. The number of benzene rings is 1. The molecule has 0 nitrogen and oxygen atoms in total. The zero-order valence-corrected chi connectivity index (χ0v) is 12.4. The summed E-state index contributed by atoms with van der Waals surface area (Å²) >= 11 is 0. The smallest absolute Gasteiger partial charge is 0.0159 e. The van der Waals surface area contributed by atoms with Crippen LogP contribution in [0.4, 0.5) is 0 Å². The van der Waals surface area contributed by atoms with E-state index in [1.165, 1.54) is 62.5 Å². The first-order chi connectivity index (χ1) is 8.72. The van der Waals surface area contributed by atoms with E-state index in [1.807, 2.05) is 0 Å². The van der Waals surface area contributed by atoms with Gasteiger partial charge >= 0.3 is 0 Å². The molecule has 1 aliphatic rings. The summed E-state index contributed by atoms with van der Waals surface area (Å²) < 4.78 is 0. The summed E-state index contributed by atoms with van der Waals surface area (Å²) in [7, 11) is 0. The molecule has 0 spiro atoms. The van der Waals surface area contributed by atoms with Gasteiger partial charge in [-0.25, -0.2) is 0 Å². The first-order valence-electron chi connectivity index (χ1n) is 7.82. The molecule has 0 heteroatoms. The van der Waals surface area contributed by atoms with Crippen molar-refractivity contribution in [1.82, 2.24) is 0 Å². The van der Waals surface area contributed by atoms with Crippen LogP contribution in [0.15, 0.2) is 12.1 Å². The standard InChI is InChI=1S/C18H28/c1-4-5-6-9-16-10-7-8-11-17-13-18(16)15(3)12-14(17)2/h12-13,16H,4-11H2,1-3H3. The lowest BCUT2D eigenvalue weighted by molar-refractivity contribution is 0.500. The van der Waals surface area contributed by atoms with Crippen LogP contribution < -0.4 is 0 Å². The minimum Gasteiger partial charge on any atom is -0.0654 e. The monoisotopic (exact) mass is 244 g/mol. The van der Waals surface area contributed by atoms with Gasteiger partial charge in [-0.3, -0.25) is 0 Å². The number of fused-ring (bicyclic) bond motifs is 2. The zero-order valence-electron chi connectivity index (χ0n) is 12.4. The van der Waals surface area contributed by atoms with E-state index in [4.69, 9.17) is 0 Å². The van der Waals surface area contributed by atoms with Crippen LogP contribution in [0.1, 0.15) is 80.0 Å². The van der Waals surface area contributed by atoms with Gasteiger partial charge in [0.05, 0.1) is 0 Å². The van der Waals surface area contributed by atoms with E-state index in [1.54, 1.807) is 11.1 Å². The van der Waals surface area contributed by atoms with Crippen molar-refractivity contribution in [3.05, 3.63) is 34.4 Å². The van der Waals surface area contributed by atoms with Crippen molar-refractivity contribution in [2.24, 2.45) is 0 Å². The molecule has 0 saturated carbocycles. The summed E-state index contributed by atoms with van der Waals surface area (Å²) in [5.41, 5.74) is 6.30. The number of aryl methyl sites for hydroxylation is 3. The molecule has 2 rings (SSSR count). The van der Waals surface area contributed by atoms with E-state index < -0.39 is 0 Å². The van der Waals surface area contributed by atoms with Gasteiger partial charge in [-0.15, -0.1) is 0 Å². The van der Waals surface area contributed by atoms with Gasteiger partial charge < -0.3 is 0 Å². The van der Waals surface area contributed by atoms with Gasteiger partial charge in [0.2, 0.25) is 0 Å². The van der Waals surface area contributed by atoms with Crippen LogP contribution in [0.2, 0.25) is 0 Å². The molecule has 1 atom stereocenters. The zero-order chi connectivity index (χ0) is 13.0. The van der Waals surface area contributed by atoms with Crippen LogP contribution in [0.25, 0.3) is 0 Å². The van der Waals surface area contributed by atoms with Gasteiger partial charge in [0.15, 0.2) is 0 Å². The highest BCUT2D eigenvalue weighted by Crippen LogP contribution is 2.34. The highest BCUT2D eigenvalue weighted by atomic mass is 14.2. The molecule has 0 N–H and O–H groups in total. The van der Waals surface area contributed by atoms with Crippen molar-refractivity contribution in [3.63, 3.8) is 0 Å². The predicted octanol–water partition coefficient (Wildman–Crippen LogP) is 5.69. The Morgan fingerprint density at radius 3 is 2.67 bits per heavy atom. The van der Waals surface area contributed by atoms with Gasteiger partial charge in [-0.2, -0.15) is 0 Å². The summed E-state index contributed by atoms with van der Waals surface area (Å²) in [6.07, 6.45) is 11.0. The second-order valence-corrected chi connectivity index (χ2v) is 6.07. The van der Waals surface area contributed by atoms with Crippen LogP contribution in [0.3, 0.4) is 0 Å². The summed E-state index contributed by atoms with van der Waals surface area (Å²) in [5, 5.41) is 0. The lowest BCUT2D eigenvalue weighted by Gasteiger charge is -2.24. The molecule has 1 unspecified atom stereocenters. The average molecular weight is 244 g/mol. The van der Waals surface area contributed by atoms with Crippen molar-refractivity contribution < 1.29 is 0 Å². The lowest BCUT2D eigenvalue weighted by atomic mass is 9.81. The maximum Gasteiger partial charge on any atom is -0.0159 e. The second-order valence-electron chi connectivity index (χ2n) is 6.07. The first-order valence-corrected chi connectivity index (χ1v) is 7.82. The molecule has 1 aromatic carbocycles. The largest absolute Gasteiger partial charge is 0.0654 e. The van der Waals surface area contributed by atoms with E-state index in [9.17, 15) is 0 Å². The molecular weight excluding hydrogens is 216 g/mol. The highest BCUT2D eigenvalue weighted by molar-refractivity contribution is 5.39. The van der Waals surface area contributed by atoms with Crippen LogP contribution >= 0.6 is 0 Å². The molecule has 1 aromatic rings. The third-order valence-corrected chi connectivity index (χ3v) is 4.57. The van der Waals surface area contributed by atoms with E-state index in [2.05, 4.69) is 32.9 Å². The Bertz CT molecular complexity index is 389. The Balaban J connectivity index is 2.21. The summed E-state index contributed by atoms with van der Waals surface area (Å²) in [6, 6.07) is 4.95. The third kappa shape index (κ3) is 3.16. The molecule has 0 radical (unpaired) electrons. The van der Waals surface area contributed by atoms with Gasteiger partial charge in [0.1, 0.15) is 0 Å². The molecule has 0 aliphatic heterocycles. The fourth-order valence-electron chi connectivity index (χ4n) is 3.43. The normalized spacial score (nSPS) is 19.4. The molecule has 18 heavy (non-hydrogen) atoms. The Morgan fingerprint density at radius 1 is 1.06 bits per heavy atom. The second kappa shape index (κ2) is 6.41. The minimum atomic E-state index is 0.830. The average Bonchev–Trinajstić information content (AvgIpc) is 2.31. The Hall–Kier alpha value is -0.780. The van der Waals surface area contributed by atoms with Gasteiger partial charge in [-0.1, -0.05) is 44.7 Å². The number of rotatable bonds is 4. The summed E-state index contributed by atoms with van der Waals surface area (Å²) in [6.45, 7) is 6.88. The van der Waals surface area contributed by atoms with Gasteiger partial charge in [0.25, 0.3) is 0 Å². The fourth-order valence-corrected chi connectivity index (χ4v) is 3.43. The summed E-state index contributed by atoms with van der Waals surface area (Å²) in [5.74, 6) is 0.830. The molecular formula is C18H28. The molecule has 0 aromatic heterocycles. The van der Waals surface area contributed by atoms with E-state index in [0.29, 0.717) is 0 Å². The molecule has 0 amide bonds. The van der Waals surface area contributed by atoms with Gasteiger partial charge in [0, 0.05) is 0 Å². The van der Waals surface area contributed by atoms with Crippen molar-refractivity contribution >= 4 is 0 Å². The quantitative estimate of drug-likeness (QED) is 0.596. The molecule has 1 aliphatic carbocycles. The SMILES string of the molecule is CCCCCC1CCCCc2cc1c(C)cc2C. The van der Waals surface area contributed by atoms with Crippen LogP contribution in [0.5, 0.6) is 0 Å².